The van der Waals surface area contributed by atoms with E-state index in [2.05, 4.69) is 20.9 Å². The Hall–Kier alpha value is -0.550. The van der Waals surface area contributed by atoms with Gasteiger partial charge in [-0.2, -0.15) is 0 Å². The maximum absolute atomic E-state index is 12.3. The topological polar surface area (TPSA) is 30.0 Å². The van der Waals surface area contributed by atoms with Crippen LogP contribution in [0, 0.1) is 0 Å². The lowest BCUT2D eigenvalue weighted by Crippen LogP contribution is -2.00. The van der Waals surface area contributed by atoms with Gasteiger partial charge in [0, 0.05) is 17.1 Å². The zero-order chi connectivity index (χ0) is 10.7. The maximum atomic E-state index is 12.3. The molecule has 0 aliphatic heterocycles. The number of alkyl halides is 3. The Labute approximate surface area is 92.4 Å². The summed E-state index contributed by atoms with van der Waals surface area (Å²) in [6.45, 7) is 0. The van der Waals surface area contributed by atoms with Crippen molar-refractivity contribution < 1.29 is 13.6 Å². The summed E-state index contributed by atoms with van der Waals surface area (Å²) in [5, 5.41) is 0.394. The number of rotatable bonds is 3. The molecule has 0 N–H and O–H groups in total. The highest BCUT2D eigenvalue weighted by atomic mass is 79.9. The predicted molar refractivity (Wildman–Crippen MR) is 52.2 cm³/mol. The molecule has 0 unspecified atom stereocenters. The minimum atomic E-state index is -2.79. The third kappa shape index (κ3) is 2.09. The van der Waals surface area contributed by atoms with Gasteiger partial charge in [0.2, 0.25) is 0 Å². The summed E-state index contributed by atoms with van der Waals surface area (Å²) in [5.74, 6) is 0. The van der Waals surface area contributed by atoms with E-state index in [1.165, 1.54) is 6.20 Å². The fourth-order valence-electron chi connectivity index (χ4n) is 0.938. The van der Waals surface area contributed by atoms with E-state index in [1.54, 1.807) is 0 Å². The minimum Gasteiger partial charge on any atom is -0.298 e. The van der Waals surface area contributed by atoms with Gasteiger partial charge in [0.05, 0.1) is 10.6 Å². The molecular formula is C8H5BrClF2NO. The lowest BCUT2D eigenvalue weighted by atomic mass is 10.1. The van der Waals surface area contributed by atoms with E-state index in [4.69, 9.17) is 11.6 Å². The van der Waals surface area contributed by atoms with Crippen molar-refractivity contribution in [2.45, 2.75) is 11.8 Å². The highest BCUT2D eigenvalue weighted by Crippen LogP contribution is 2.28. The normalized spacial score (nSPS) is 10.6. The molecule has 6 heteroatoms. The number of halogens is 4. The Balaban J connectivity index is 3.35. The van der Waals surface area contributed by atoms with E-state index in [0.29, 0.717) is 17.2 Å². The Bertz CT molecular complexity index is 359. The van der Waals surface area contributed by atoms with Gasteiger partial charge in [-0.25, -0.2) is 8.78 Å². The molecule has 0 atom stereocenters. The number of aldehydes is 1. The zero-order valence-electron chi connectivity index (χ0n) is 6.81. The summed E-state index contributed by atoms with van der Waals surface area (Å²) in [5.41, 5.74) is -0.300. The van der Waals surface area contributed by atoms with Gasteiger partial charge in [0.25, 0.3) is 6.43 Å². The molecule has 14 heavy (non-hydrogen) atoms. The number of aromatic nitrogens is 1. The van der Waals surface area contributed by atoms with Gasteiger partial charge in [0.15, 0.2) is 6.29 Å². The lowest BCUT2D eigenvalue weighted by Gasteiger charge is -2.07. The van der Waals surface area contributed by atoms with Crippen molar-refractivity contribution in [1.82, 2.24) is 4.98 Å². The number of pyridine rings is 1. The van der Waals surface area contributed by atoms with Crippen molar-refractivity contribution in [3.8, 4) is 0 Å². The first-order valence-corrected chi connectivity index (χ1v) is 5.08. The monoisotopic (exact) mass is 283 g/mol. The molecule has 76 valence electrons. The molecule has 0 fully saturated rings. The smallest absolute Gasteiger partial charge is 0.281 e. The van der Waals surface area contributed by atoms with Gasteiger partial charge in [-0.05, 0) is 0 Å². The van der Waals surface area contributed by atoms with Crippen LogP contribution in [0.25, 0.3) is 0 Å². The van der Waals surface area contributed by atoms with Gasteiger partial charge < -0.3 is 0 Å². The second-order valence-electron chi connectivity index (χ2n) is 2.45. The minimum absolute atomic E-state index is 0.0298. The van der Waals surface area contributed by atoms with Crippen LogP contribution in [-0.2, 0) is 5.33 Å². The summed E-state index contributed by atoms with van der Waals surface area (Å²) in [7, 11) is 0. The van der Waals surface area contributed by atoms with Gasteiger partial charge in [0.1, 0.15) is 5.69 Å². The van der Waals surface area contributed by atoms with Gasteiger partial charge in [-0.1, -0.05) is 27.5 Å². The Morgan fingerprint density at radius 2 is 2.29 bits per heavy atom. The maximum Gasteiger partial charge on any atom is 0.281 e. The van der Waals surface area contributed by atoms with E-state index >= 15 is 0 Å². The molecular weight excluding hydrogens is 279 g/mol. The van der Waals surface area contributed by atoms with Crippen LogP contribution in [-0.4, -0.2) is 11.3 Å². The van der Waals surface area contributed by atoms with Crippen LogP contribution >= 0.6 is 27.5 Å². The van der Waals surface area contributed by atoms with Gasteiger partial charge in [-0.3, -0.25) is 9.78 Å². The molecule has 1 aromatic rings. The summed E-state index contributed by atoms with van der Waals surface area (Å²) in [4.78, 5) is 14.0. The summed E-state index contributed by atoms with van der Waals surface area (Å²) in [6.07, 6.45) is -1.27. The summed E-state index contributed by atoms with van der Waals surface area (Å²) < 4.78 is 24.7. The average Bonchev–Trinajstić information content (AvgIpc) is 2.17. The summed E-state index contributed by atoms with van der Waals surface area (Å²) >= 11 is 8.83. The molecule has 0 bridgehead atoms. The Morgan fingerprint density at radius 1 is 1.64 bits per heavy atom. The number of hydrogen-bond acceptors (Lipinski definition) is 2. The third-order valence-electron chi connectivity index (χ3n) is 1.62. The molecule has 1 rings (SSSR count). The van der Waals surface area contributed by atoms with E-state index in [-0.39, 0.29) is 10.6 Å². The van der Waals surface area contributed by atoms with Crippen molar-refractivity contribution >= 4 is 33.8 Å². The molecule has 0 aliphatic rings. The van der Waals surface area contributed by atoms with Gasteiger partial charge >= 0.3 is 0 Å². The first-order valence-electron chi connectivity index (χ1n) is 3.58. The largest absolute Gasteiger partial charge is 0.298 e. The number of nitrogens with zero attached hydrogens (tertiary/aromatic N) is 1. The molecule has 0 radical (unpaired) electrons. The highest BCUT2D eigenvalue weighted by molar-refractivity contribution is 9.08. The third-order valence-corrected chi connectivity index (χ3v) is 2.67. The zero-order valence-corrected chi connectivity index (χ0v) is 9.15. The van der Waals surface area contributed by atoms with E-state index in [0.717, 1.165) is 0 Å². The second-order valence-corrected chi connectivity index (χ2v) is 3.39. The summed E-state index contributed by atoms with van der Waals surface area (Å²) in [6, 6.07) is 0. The molecule has 0 amide bonds. The predicted octanol–water partition coefficient (Wildman–Crippen LogP) is 3.38. The van der Waals surface area contributed by atoms with Crippen LogP contribution in [0.3, 0.4) is 0 Å². The van der Waals surface area contributed by atoms with Crippen LogP contribution in [0.4, 0.5) is 8.78 Å². The van der Waals surface area contributed by atoms with Crippen LogP contribution in [0.5, 0.6) is 0 Å². The number of hydrogen-bond donors (Lipinski definition) is 0. The molecule has 0 saturated carbocycles. The standard InChI is InChI=1S/C8H5BrClF2NO/c9-1-4-2-13-7(8(11)12)5(3-14)6(4)10/h2-3,8H,1H2. The average molecular weight is 284 g/mol. The second kappa shape index (κ2) is 4.79. The van der Waals surface area contributed by atoms with E-state index < -0.39 is 12.1 Å². The Kier molecular flexibility index (Phi) is 3.95. The first-order chi connectivity index (χ1) is 6.61. The first kappa shape index (κ1) is 11.5. The molecule has 2 nitrogen and oxygen atoms in total. The van der Waals surface area contributed by atoms with Crippen molar-refractivity contribution in [2.75, 3.05) is 0 Å². The van der Waals surface area contributed by atoms with Gasteiger partial charge in [-0.15, -0.1) is 0 Å². The molecule has 0 spiro atoms. The fourth-order valence-corrected chi connectivity index (χ4v) is 1.78. The van der Waals surface area contributed by atoms with E-state index in [9.17, 15) is 13.6 Å². The molecule has 1 aromatic heterocycles. The van der Waals surface area contributed by atoms with Crippen LogP contribution in [0.1, 0.15) is 28.0 Å². The fraction of sp³-hybridized carbons (Fsp3) is 0.250. The quantitative estimate of drug-likeness (QED) is 0.629. The molecule has 0 aromatic carbocycles. The van der Waals surface area contributed by atoms with E-state index in [1.807, 2.05) is 0 Å². The van der Waals surface area contributed by atoms with Crippen molar-refractivity contribution in [3.63, 3.8) is 0 Å². The van der Waals surface area contributed by atoms with Crippen molar-refractivity contribution in [2.24, 2.45) is 0 Å². The highest BCUT2D eigenvalue weighted by Gasteiger charge is 2.18. The van der Waals surface area contributed by atoms with Crippen LogP contribution in [0.2, 0.25) is 5.02 Å². The van der Waals surface area contributed by atoms with Crippen molar-refractivity contribution in [3.05, 3.63) is 28.0 Å². The lowest BCUT2D eigenvalue weighted by molar-refractivity contribution is 0.110. The number of carbonyl (C=O) groups excluding carboxylic acids is 1. The number of carbonyl (C=O) groups is 1. The molecule has 0 saturated heterocycles. The Morgan fingerprint density at radius 3 is 2.71 bits per heavy atom. The van der Waals surface area contributed by atoms with Crippen molar-refractivity contribution in [1.29, 1.82) is 0 Å². The van der Waals surface area contributed by atoms with Crippen LogP contribution in [0.15, 0.2) is 6.20 Å². The molecule has 1 heterocycles. The SMILES string of the molecule is O=Cc1c(C(F)F)ncc(CBr)c1Cl. The van der Waals surface area contributed by atoms with Crippen LogP contribution < -0.4 is 0 Å². The molecule has 0 aliphatic carbocycles.